The van der Waals surface area contributed by atoms with Gasteiger partial charge in [-0.25, -0.2) is 9.50 Å². The van der Waals surface area contributed by atoms with Crippen molar-refractivity contribution in [2.45, 2.75) is 32.9 Å². The van der Waals surface area contributed by atoms with E-state index in [2.05, 4.69) is 27.4 Å². The van der Waals surface area contributed by atoms with E-state index in [9.17, 15) is 4.79 Å². The van der Waals surface area contributed by atoms with E-state index in [-0.39, 0.29) is 17.9 Å². The molecule has 2 atom stereocenters. The maximum Gasteiger partial charge on any atom is 0.254 e. The van der Waals surface area contributed by atoms with E-state index in [4.69, 9.17) is 4.74 Å². The molecule has 0 unspecified atom stereocenters. The fourth-order valence-electron chi connectivity index (χ4n) is 3.40. The number of carbonyl (C=O) groups excluding carboxylic acids is 1. The minimum absolute atomic E-state index is 0.0246. The Morgan fingerprint density at radius 2 is 2.27 bits per heavy atom. The second-order valence-electron chi connectivity index (χ2n) is 6.55. The van der Waals surface area contributed by atoms with E-state index < -0.39 is 0 Å². The summed E-state index contributed by atoms with van der Waals surface area (Å²) < 4.78 is 9.39. The number of amides is 1. The Morgan fingerprint density at radius 3 is 3.08 bits per heavy atom. The average Bonchev–Trinajstić information content (AvgIpc) is 3.37. The molecule has 8 heteroatoms. The number of hydrogen-bond acceptors (Lipinski definition) is 5. The van der Waals surface area contributed by atoms with Gasteiger partial charge < -0.3 is 10.1 Å². The number of rotatable bonds is 5. The topological polar surface area (TPSA) is 86.3 Å². The number of nitrogens with zero attached hydrogens (tertiary/aromatic N) is 5. The fraction of sp³-hybridized carbons (Fsp3) is 0.444. The zero-order valence-corrected chi connectivity index (χ0v) is 14.9. The number of carbonyl (C=O) groups is 1. The van der Waals surface area contributed by atoms with Crippen molar-refractivity contribution >= 4 is 11.6 Å². The Hall–Kier alpha value is -2.74. The van der Waals surface area contributed by atoms with Gasteiger partial charge >= 0.3 is 0 Å². The lowest BCUT2D eigenvalue weighted by atomic mass is 9.97. The molecule has 26 heavy (non-hydrogen) atoms. The predicted octanol–water partition coefficient (Wildman–Crippen LogP) is 1.76. The second-order valence-corrected chi connectivity index (χ2v) is 6.55. The summed E-state index contributed by atoms with van der Waals surface area (Å²) in [5, 5.41) is 11.5. The highest BCUT2D eigenvalue weighted by Gasteiger charge is 2.31. The monoisotopic (exact) mass is 354 g/mol. The molecule has 1 amide bonds. The van der Waals surface area contributed by atoms with E-state index in [1.165, 1.54) is 0 Å². The van der Waals surface area contributed by atoms with Gasteiger partial charge in [0, 0.05) is 49.6 Å². The highest BCUT2D eigenvalue weighted by atomic mass is 16.5. The molecule has 0 saturated carbocycles. The van der Waals surface area contributed by atoms with Crippen LogP contribution in [0, 0.1) is 12.8 Å². The van der Waals surface area contributed by atoms with Gasteiger partial charge in [0.15, 0.2) is 5.65 Å². The van der Waals surface area contributed by atoms with Crippen molar-refractivity contribution in [3.05, 3.63) is 47.7 Å². The largest absolute Gasteiger partial charge is 0.373 e. The van der Waals surface area contributed by atoms with Gasteiger partial charge in [0.2, 0.25) is 0 Å². The summed E-state index contributed by atoms with van der Waals surface area (Å²) in [6, 6.07) is 1.81. The summed E-state index contributed by atoms with van der Waals surface area (Å²) in [6.07, 6.45) is 8.15. The first-order chi connectivity index (χ1) is 12.7. The summed E-state index contributed by atoms with van der Waals surface area (Å²) in [5.74, 6) is 0.0949. The Balaban J connectivity index is 1.45. The summed E-state index contributed by atoms with van der Waals surface area (Å²) in [4.78, 5) is 17.0. The molecule has 4 heterocycles. The van der Waals surface area contributed by atoms with Crippen molar-refractivity contribution in [3.63, 3.8) is 0 Å². The number of hydrogen-bond donors (Lipinski definition) is 1. The molecule has 0 aliphatic carbocycles. The Labute approximate surface area is 151 Å². The van der Waals surface area contributed by atoms with Gasteiger partial charge in [-0.2, -0.15) is 10.2 Å². The first-order valence-electron chi connectivity index (χ1n) is 8.89. The normalized spacial score (nSPS) is 19.9. The minimum Gasteiger partial charge on any atom is -0.373 e. The molecule has 0 bridgehead atoms. The van der Waals surface area contributed by atoms with Crippen LogP contribution in [0.25, 0.3) is 5.65 Å². The molecule has 3 aromatic heterocycles. The van der Waals surface area contributed by atoms with Crippen molar-refractivity contribution in [1.29, 1.82) is 0 Å². The maximum atomic E-state index is 12.6. The van der Waals surface area contributed by atoms with Crippen molar-refractivity contribution in [2.24, 2.45) is 5.92 Å². The maximum absolute atomic E-state index is 12.6. The summed E-state index contributed by atoms with van der Waals surface area (Å²) >= 11 is 0. The van der Waals surface area contributed by atoms with E-state index in [0.717, 1.165) is 24.2 Å². The third-order valence-electron chi connectivity index (χ3n) is 4.86. The molecule has 1 aliphatic heterocycles. The lowest BCUT2D eigenvalue weighted by Crippen LogP contribution is -2.31. The number of aryl methyl sites for hydroxylation is 2. The van der Waals surface area contributed by atoms with Crippen LogP contribution < -0.4 is 5.32 Å². The van der Waals surface area contributed by atoms with Crippen LogP contribution in [0.3, 0.4) is 0 Å². The number of fused-ring (bicyclic) bond motifs is 1. The lowest BCUT2D eigenvalue weighted by Gasteiger charge is -2.18. The van der Waals surface area contributed by atoms with Crippen molar-refractivity contribution in [2.75, 3.05) is 13.2 Å². The highest BCUT2D eigenvalue weighted by molar-refractivity contribution is 5.95. The van der Waals surface area contributed by atoms with Gasteiger partial charge in [0.05, 0.1) is 29.8 Å². The van der Waals surface area contributed by atoms with Crippen LogP contribution in [-0.4, -0.2) is 43.4 Å². The van der Waals surface area contributed by atoms with Crippen LogP contribution in [0.1, 0.15) is 41.1 Å². The van der Waals surface area contributed by atoms with Crippen LogP contribution in [0.15, 0.2) is 30.9 Å². The van der Waals surface area contributed by atoms with E-state index in [1.54, 1.807) is 16.9 Å². The quantitative estimate of drug-likeness (QED) is 0.754. The Bertz CT molecular complexity index is 931. The van der Waals surface area contributed by atoms with Crippen molar-refractivity contribution < 1.29 is 9.53 Å². The molecule has 3 aromatic rings. The molecule has 8 nitrogen and oxygen atoms in total. The molecule has 0 spiro atoms. The van der Waals surface area contributed by atoms with Crippen LogP contribution in [-0.2, 0) is 11.3 Å². The molecule has 4 rings (SSSR count). The first kappa shape index (κ1) is 16.7. The Morgan fingerprint density at radius 1 is 1.38 bits per heavy atom. The third kappa shape index (κ3) is 3.08. The van der Waals surface area contributed by atoms with Crippen LogP contribution in [0.2, 0.25) is 0 Å². The minimum atomic E-state index is -0.137. The summed E-state index contributed by atoms with van der Waals surface area (Å²) in [6.45, 7) is 5.97. The number of ether oxygens (including phenoxy) is 1. The number of aromatic nitrogens is 5. The lowest BCUT2D eigenvalue weighted by molar-refractivity contribution is 0.0845. The fourth-order valence-corrected chi connectivity index (χ4v) is 3.40. The summed E-state index contributed by atoms with van der Waals surface area (Å²) in [5.41, 5.74) is 3.03. The van der Waals surface area contributed by atoms with E-state index in [1.807, 2.05) is 30.1 Å². The molecule has 1 saturated heterocycles. The van der Waals surface area contributed by atoms with Gasteiger partial charge in [0.1, 0.15) is 0 Å². The summed E-state index contributed by atoms with van der Waals surface area (Å²) in [7, 11) is 0. The molecule has 0 radical (unpaired) electrons. The molecule has 0 aromatic carbocycles. The smallest absolute Gasteiger partial charge is 0.254 e. The van der Waals surface area contributed by atoms with Crippen molar-refractivity contribution in [3.8, 4) is 0 Å². The zero-order valence-electron chi connectivity index (χ0n) is 14.9. The molecule has 136 valence electrons. The molecular formula is C18H22N6O2. The highest BCUT2D eigenvalue weighted by Crippen LogP contribution is 2.33. The Kier molecular flexibility index (Phi) is 4.42. The first-order valence-corrected chi connectivity index (χ1v) is 8.89. The van der Waals surface area contributed by atoms with E-state index in [0.29, 0.717) is 24.4 Å². The van der Waals surface area contributed by atoms with Gasteiger partial charge in [-0.05, 0) is 20.3 Å². The molecule has 1 N–H and O–H groups in total. The molecular weight excluding hydrogens is 332 g/mol. The standard InChI is InChI=1S/C18H22N6O2/c1-3-23-10-14(9-21-23)17-13(5-7-26-17)8-19-18(25)15-11-24-16(4-6-20-24)22-12(15)2/h4,6,9-11,13,17H,3,5,7-8H2,1-2H3,(H,19,25)/t13-,17+/m0/s1. The zero-order chi connectivity index (χ0) is 18.1. The second kappa shape index (κ2) is 6.87. The van der Waals surface area contributed by atoms with E-state index >= 15 is 0 Å². The average molecular weight is 354 g/mol. The van der Waals surface area contributed by atoms with Crippen LogP contribution >= 0.6 is 0 Å². The SMILES string of the molecule is CCn1cc([C@@H]2OCC[C@H]2CNC(=O)c2cn3nccc3nc2C)cn1. The van der Waals surface area contributed by atoms with Gasteiger partial charge in [0.25, 0.3) is 5.91 Å². The molecule has 1 fully saturated rings. The van der Waals surface area contributed by atoms with Crippen LogP contribution in [0.4, 0.5) is 0 Å². The molecule has 1 aliphatic rings. The van der Waals surface area contributed by atoms with Gasteiger partial charge in [-0.1, -0.05) is 0 Å². The number of nitrogens with one attached hydrogen (secondary N) is 1. The predicted molar refractivity (Wildman–Crippen MR) is 94.8 cm³/mol. The van der Waals surface area contributed by atoms with Crippen molar-refractivity contribution in [1.82, 2.24) is 29.7 Å². The van der Waals surface area contributed by atoms with Crippen LogP contribution in [0.5, 0.6) is 0 Å². The van der Waals surface area contributed by atoms with Gasteiger partial charge in [-0.15, -0.1) is 0 Å². The van der Waals surface area contributed by atoms with Gasteiger partial charge in [-0.3, -0.25) is 9.48 Å². The third-order valence-corrected chi connectivity index (χ3v) is 4.86.